The van der Waals surface area contributed by atoms with E-state index in [0.29, 0.717) is 28.9 Å². The van der Waals surface area contributed by atoms with Crippen LogP contribution in [0.5, 0.6) is 0 Å². The van der Waals surface area contributed by atoms with E-state index in [0.717, 1.165) is 0 Å². The van der Waals surface area contributed by atoms with Crippen LogP contribution in [0.4, 0.5) is 5.69 Å². The van der Waals surface area contributed by atoms with Gasteiger partial charge in [0.15, 0.2) is 0 Å². The smallest absolute Gasteiger partial charge is 0.251 e. The molecule has 1 aromatic rings. The van der Waals surface area contributed by atoms with Crippen LogP contribution in [0.1, 0.15) is 10.4 Å². The van der Waals surface area contributed by atoms with Gasteiger partial charge in [0.25, 0.3) is 5.91 Å². The third-order valence-electron chi connectivity index (χ3n) is 2.03. The van der Waals surface area contributed by atoms with Crippen molar-refractivity contribution in [2.24, 2.45) is 0 Å². The number of nitrogens with one attached hydrogen (secondary N) is 1. The number of benzene rings is 1. The fourth-order valence-electron chi connectivity index (χ4n) is 1.17. The van der Waals surface area contributed by atoms with E-state index in [1.165, 1.54) is 0 Å². The van der Waals surface area contributed by atoms with Crippen molar-refractivity contribution in [3.63, 3.8) is 0 Å². The molecule has 0 radical (unpaired) electrons. The molecule has 0 atom stereocenters. The molecule has 0 saturated carbocycles. The monoisotopic (exact) mass is 302 g/mol. The molecular weight excluding hydrogens is 288 g/mol. The van der Waals surface area contributed by atoms with Crippen molar-refractivity contribution in [1.29, 1.82) is 0 Å². The summed E-state index contributed by atoms with van der Waals surface area (Å²) in [6.45, 7) is 1.05. The Bertz CT molecular complexity index is 385. The lowest BCUT2D eigenvalue weighted by molar-refractivity contribution is 0.0838. The molecule has 0 aromatic heterocycles. The van der Waals surface area contributed by atoms with Gasteiger partial charge in [-0.15, -0.1) is 0 Å². The topological polar surface area (TPSA) is 84.6 Å². The Hall–Kier alpha value is -1.11. The van der Waals surface area contributed by atoms with Gasteiger partial charge in [0, 0.05) is 22.3 Å². The summed E-state index contributed by atoms with van der Waals surface area (Å²) in [5.41, 5.74) is 6.75. The molecule has 0 saturated heterocycles. The molecule has 0 heterocycles. The first-order valence-electron chi connectivity index (χ1n) is 5.17. The van der Waals surface area contributed by atoms with Crippen molar-refractivity contribution < 1.29 is 14.6 Å². The van der Waals surface area contributed by atoms with E-state index in [1.807, 2.05) is 0 Å². The summed E-state index contributed by atoms with van der Waals surface area (Å²) in [4.78, 5) is 11.7. The standard InChI is InChI=1S/C11H15BrN2O3/c12-9-7-8(1-2-10(9)13)11(16)14-3-5-17-6-4-15/h1-2,7,15H,3-6,13H2,(H,14,16). The summed E-state index contributed by atoms with van der Waals surface area (Å²) in [7, 11) is 0. The SMILES string of the molecule is Nc1ccc(C(=O)NCCOCCO)cc1Br. The third-order valence-corrected chi connectivity index (χ3v) is 2.72. The average molecular weight is 303 g/mol. The maximum absolute atomic E-state index is 11.7. The maximum Gasteiger partial charge on any atom is 0.251 e. The number of halogens is 1. The number of anilines is 1. The van der Waals surface area contributed by atoms with Crippen LogP contribution in [-0.4, -0.2) is 37.4 Å². The predicted molar refractivity (Wildman–Crippen MR) is 68.8 cm³/mol. The van der Waals surface area contributed by atoms with Gasteiger partial charge in [-0.1, -0.05) is 0 Å². The minimum atomic E-state index is -0.182. The van der Waals surface area contributed by atoms with Gasteiger partial charge in [-0.2, -0.15) is 0 Å². The minimum Gasteiger partial charge on any atom is -0.398 e. The summed E-state index contributed by atoms with van der Waals surface area (Å²) in [6, 6.07) is 4.99. The summed E-state index contributed by atoms with van der Waals surface area (Å²) in [5, 5.41) is 11.2. The maximum atomic E-state index is 11.7. The van der Waals surface area contributed by atoms with Gasteiger partial charge < -0.3 is 20.9 Å². The van der Waals surface area contributed by atoms with Gasteiger partial charge in [0.05, 0.1) is 19.8 Å². The van der Waals surface area contributed by atoms with E-state index >= 15 is 0 Å². The van der Waals surface area contributed by atoms with Gasteiger partial charge in [-0.3, -0.25) is 4.79 Å². The predicted octanol–water partition coefficient (Wildman–Crippen LogP) is 0.770. The van der Waals surface area contributed by atoms with Crippen molar-refractivity contribution >= 4 is 27.5 Å². The molecule has 0 fully saturated rings. The number of nitrogen functional groups attached to an aromatic ring is 1. The van der Waals surface area contributed by atoms with Crippen molar-refractivity contribution in [2.45, 2.75) is 0 Å². The lowest BCUT2D eigenvalue weighted by Gasteiger charge is -2.06. The molecule has 1 aromatic carbocycles. The first-order chi connectivity index (χ1) is 8.15. The third kappa shape index (κ3) is 4.72. The Kier molecular flexibility index (Phi) is 5.96. The van der Waals surface area contributed by atoms with Crippen LogP contribution in [0.15, 0.2) is 22.7 Å². The molecule has 94 valence electrons. The molecule has 1 rings (SSSR count). The van der Waals surface area contributed by atoms with E-state index in [1.54, 1.807) is 18.2 Å². The van der Waals surface area contributed by atoms with Crippen LogP contribution >= 0.6 is 15.9 Å². The zero-order valence-electron chi connectivity index (χ0n) is 9.28. The van der Waals surface area contributed by atoms with E-state index in [2.05, 4.69) is 21.2 Å². The highest BCUT2D eigenvalue weighted by Crippen LogP contribution is 2.20. The number of ether oxygens (including phenoxy) is 1. The highest BCUT2D eigenvalue weighted by atomic mass is 79.9. The normalized spacial score (nSPS) is 10.2. The first-order valence-corrected chi connectivity index (χ1v) is 5.96. The molecule has 0 spiro atoms. The van der Waals surface area contributed by atoms with Crippen molar-refractivity contribution in [3.05, 3.63) is 28.2 Å². The lowest BCUT2D eigenvalue weighted by Crippen LogP contribution is -2.27. The number of aliphatic hydroxyl groups is 1. The Morgan fingerprint density at radius 1 is 1.47 bits per heavy atom. The number of amides is 1. The fraction of sp³-hybridized carbons (Fsp3) is 0.364. The number of rotatable bonds is 6. The van der Waals surface area contributed by atoms with E-state index in [4.69, 9.17) is 15.6 Å². The Labute approximate surface area is 108 Å². The van der Waals surface area contributed by atoms with Crippen LogP contribution in [0.3, 0.4) is 0 Å². The second kappa shape index (κ2) is 7.26. The molecule has 4 N–H and O–H groups in total. The molecule has 6 heteroatoms. The van der Waals surface area contributed by atoms with Crippen LogP contribution < -0.4 is 11.1 Å². The zero-order valence-corrected chi connectivity index (χ0v) is 10.9. The molecule has 0 aliphatic heterocycles. The van der Waals surface area contributed by atoms with Gasteiger partial charge in [-0.25, -0.2) is 0 Å². The van der Waals surface area contributed by atoms with Gasteiger partial charge in [-0.05, 0) is 34.1 Å². The summed E-state index contributed by atoms with van der Waals surface area (Å²) < 4.78 is 5.71. The van der Waals surface area contributed by atoms with Crippen LogP contribution in [0.25, 0.3) is 0 Å². The second-order valence-corrected chi connectivity index (χ2v) is 4.18. The molecule has 0 aliphatic rings. The molecule has 17 heavy (non-hydrogen) atoms. The number of carbonyl (C=O) groups is 1. The molecule has 0 bridgehead atoms. The molecule has 0 aliphatic carbocycles. The first kappa shape index (κ1) is 14.0. The highest BCUT2D eigenvalue weighted by molar-refractivity contribution is 9.10. The Balaban J connectivity index is 2.39. The number of hydrogen-bond donors (Lipinski definition) is 3. The summed E-state index contributed by atoms with van der Waals surface area (Å²) in [5.74, 6) is -0.182. The zero-order chi connectivity index (χ0) is 12.7. The average Bonchev–Trinajstić information content (AvgIpc) is 2.32. The highest BCUT2D eigenvalue weighted by Gasteiger charge is 2.06. The largest absolute Gasteiger partial charge is 0.398 e. The van der Waals surface area contributed by atoms with E-state index in [9.17, 15) is 4.79 Å². The number of nitrogens with two attached hydrogens (primary N) is 1. The molecular formula is C11H15BrN2O3. The van der Waals surface area contributed by atoms with Crippen molar-refractivity contribution in [2.75, 3.05) is 32.1 Å². The van der Waals surface area contributed by atoms with Gasteiger partial charge in [0.1, 0.15) is 0 Å². The Morgan fingerprint density at radius 2 is 2.24 bits per heavy atom. The van der Waals surface area contributed by atoms with E-state index in [-0.39, 0.29) is 19.1 Å². The van der Waals surface area contributed by atoms with Gasteiger partial charge >= 0.3 is 0 Å². The number of aliphatic hydroxyl groups excluding tert-OH is 1. The van der Waals surface area contributed by atoms with Crippen LogP contribution in [0.2, 0.25) is 0 Å². The fourth-order valence-corrected chi connectivity index (χ4v) is 1.55. The van der Waals surface area contributed by atoms with E-state index < -0.39 is 0 Å². The molecule has 1 amide bonds. The van der Waals surface area contributed by atoms with Crippen LogP contribution in [-0.2, 0) is 4.74 Å². The number of hydrogen-bond acceptors (Lipinski definition) is 4. The summed E-state index contributed by atoms with van der Waals surface area (Å²) in [6.07, 6.45) is 0. The summed E-state index contributed by atoms with van der Waals surface area (Å²) >= 11 is 3.26. The molecule has 0 unspecified atom stereocenters. The lowest BCUT2D eigenvalue weighted by atomic mass is 10.2. The minimum absolute atomic E-state index is 0.0150. The van der Waals surface area contributed by atoms with Crippen molar-refractivity contribution in [1.82, 2.24) is 5.32 Å². The van der Waals surface area contributed by atoms with Crippen LogP contribution in [0, 0.1) is 0 Å². The van der Waals surface area contributed by atoms with Gasteiger partial charge in [0.2, 0.25) is 0 Å². The molecule has 5 nitrogen and oxygen atoms in total. The quantitative estimate of drug-likeness (QED) is 0.535. The number of carbonyl (C=O) groups excluding carboxylic acids is 1. The Morgan fingerprint density at radius 3 is 2.88 bits per heavy atom. The van der Waals surface area contributed by atoms with Crippen molar-refractivity contribution in [3.8, 4) is 0 Å². The second-order valence-electron chi connectivity index (χ2n) is 3.33.